The minimum Gasteiger partial charge on any atom is -0.490 e. The van der Waals surface area contributed by atoms with Crippen LogP contribution in [-0.4, -0.2) is 37.3 Å². The molecule has 168 valence electrons. The molecule has 1 atom stereocenters. The number of ether oxygens (including phenoxy) is 2. The molecule has 0 aliphatic heterocycles. The first-order valence-corrected chi connectivity index (χ1v) is 10.1. The van der Waals surface area contributed by atoms with Crippen molar-refractivity contribution in [1.82, 2.24) is 10.7 Å². The lowest BCUT2D eigenvalue weighted by Gasteiger charge is -2.20. The molecule has 2 rings (SSSR count). The zero-order valence-electron chi connectivity index (χ0n) is 18.2. The summed E-state index contributed by atoms with van der Waals surface area (Å²) in [6.07, 6.45) is 6.67. The fourth-order valence-corrected chi connectivity index (χ4v) is 2.71. The SMILES string of the molecule is C#CCOc1ccc(/C=N/NC(=O)C(NC(=O)c2ccc(F)cc2)C(C)C)cc1OCC. The molecule has 0 aromatic heterocycles. The Bertz CT molecular complexity index is 997. The number of carbonyl (C=O) groups excluding carboxylic acids is 2. The van der Waals surface area contributed by atoms with Gasteiger partial charge in [0.2, 0.25) is 0 Å². The molecular weight excluding hydrogens is 413 g/mol. The molecule has 0 heterocycles. The smallest absolute Gasteiger partial charge is 0.262 e. The van der Waals surface area contributed by atoms with E-state index in [9.17, 15) is 14.0 Å². The maximum atomic E-state index is 13.1. The lowest BCUT2D eigenvalue weighted by molar-refractivity contribution is -0.123. The molecule has 2 N–H and O–H groups in total. The van der Waals surface area contributed by atoms with Crippen molar-refractivity contribution in [3.63, 3.8) is 0 Å². The molecule has 32 heavy (non-hydrogen) atoms. The minimum absolute atomic E-state index is 0.115. The van der Waals surface area contributed by atoms with Crippen LogP contribution < -0.4 is 20.2 Å². The monoisotopic (exact) mass is 439 g/mol. The number of amides is 2. The predicted molar refractivity (Wildman–Crippen MR) is 120 cm³/mol. The number of nitrogens with zero attached hydrogens (tertiary/aromatic N) is 1. The van der Waals surface area contributed by atoms with E-state index in [0.29, 0.717) is 23.7 Å². The van der Waals surface area contributed by atoms with Crippen LogP contribution >= 0.6 is 0 Å². The highest BCUT2D eigenvalue weighted by Crippen LogP contribution is 2.28. The summed E-state index contributed by atoms with van der Waals surface area (Å²) >= 11 is 0. The van der Waals surface area contributed by atoms with Crippen LogP contribution in [0.5, 0.6) is 11.5 Å². The average molecular weight is 439 g/mol. The number of carbonyl (C=O) groups is 2. The maximum Gasteiger partial charge on any atom is 0.262 e. The van der Waals surface area contributed by atoms with E-state index < -0.39 is 23.7 Å². The quantitative estimate of drug-likeness (QED) is 0.338. The van der Waals surface area contributed by atoms with Gasteiger partial charge in [0.05, 0.1) is 12.8 Å². The first kappa shape index (κ1) is 24.4. The van der Waals surface area contributed by atoms with Gasteiger partial charge in [-0.1, -0.05) is 19.8 Å². The Morgan fingerprint density at radius 2 is 1.88 bits per heavy atom. The van der Waals surface area contributed by atoms with E-state index >= 15 is 0 Å². The number of terminal acetylenes is 1. The summed E-state index contributed by atoms with van der Waals surface area (Å²) in [7, 11) is 0. The van der Waals surface area contributed by atoms with Gasteiger partial charge in [0.1, 0.15) is 18.5 Å². The van der Waals surface area contributed by atoms with Crippen molar-refractivity contribution in [2.45, 2.75) is 26.8 Å². The van der Waals surface area contributed by atoms with Crippen molar-refractivity contribution >= 4 is 18.0 Å². The molecule has 0 radical (unpaired) electrons. The van der Waals surface area contributed by atoms with Gasteiger partial charge in [-0.3, -0.25) is 9.59 Å². The van der Waals surface area contributed by atoms with E-state index in [1.165, 1.54) is 30.5 Å². The molecule has 0 aliphatic rings. The third-order valence-corrected chi connectivity index (χ3v) is 4.31. The summed E-state index contributed by atoms with van der Waals surface area (Å²) in [6, 6.07) is 9.39. The summed E-state index contributed by atoms with van der Waals surface area (Å²) in [5.74, 6) is 1.80. The molecule has 0 saturated carbocycles. The average Bonchev–Trinajstić information content (AvgIpc) is 2.77. The van der Waals surface area contributed by atoms with Gasteiger partial charge in [0.25, 0.3) is 11.8 Å². The Morgan fingerprint density at radius 3 is 2.50 bits per heavy atom. The zero-order chi connectivity index (χ0) is 23.5. The van der Waals surface area contributed by atoms with Crippen molar-refractivity contribution < 1.29 is 23.5 Å². The van der Waals surface area contributed by atoms with Gasteiger partial charge in [0, 0.05) is 5.56 Å². The van der Waals surface area contributed by atoms with Crippen LogP contribution in [0.2, 0.25) is 0 Å². The topological polar surface area (TPSA) is 89.0 Å². The van der Waals surface area contributed by atoms with Gasteiger partial charge < -0.3 is 14.8 Å². The van der Waals surface area contributed by atoms with Crippen molar-refractivity contribution in [3.05, 3.63) is 59.4 Å². The molecule has 0 fully saturated rings. The van der Waals surface area contributed by atoms with E-state index in [4.69, 9.17) is 15.9 Å². The maximum absolute atomic E-state index is 13.1. The van der Waals surface area contributed by atoms with Gasteiger partial charge in [-0.15, -0.1) is 6.42 Å². The van der Waals surface area contributed by atoms with Crippen LogP contribution in [0.1, 0.15) is 36.7 Å². The fraction of sp³-hybridized carbons (Fsp3) is 0.292. The molecule has 2 aromatic carbocycles. The van der Waals surface area contributed by atoms with Crippen molar-refractivity contribution in [1.29, 1.82) is 0 Å². The fourth-order valence-electron chi connectivity index (χ4n) is 2.71. The first-order chi connectivity index (χ1) is 15.3. The summed E-state index contributed by atoms with van der Waals surface area (Å²) in [4.78, 5) is 25.0. The third-order valence-electron chi connectivity index (χ3n) is 4.31. The second kappa shape index (κ2) is 12.1. The molecule has 0 spiro atoms. The van der Waals surface area contributed by atoms with Crippen LogP contribution in [-0.2, 0) is 4.79 Å². The standard InChI is InChI=1S/C24H26FN3O4/c1-5-13-32-20-12-7-17(14-21(20)31-6-2)15-26-28-24(30)22(16(3)4)27-23(29)18-8-10-19(25)11-9-18/h1,7-12,14-16,22H,6,13H2,2-4H3,(H,27,29)(H,28,30)/b26-15+. The Labute approximate surface area is 187 Å². The molecule has 0 saturated heterocycles. The molecule has 8 heteroatoms. The van der Waals surface area contributed by atoms with Crippen LogP contribution in [0.25, 0.3) is 0 Å². The van der Waals surface area contributed by atoms with E-state index in [1.807, 2.05) is 6.92 Å². The largest absolute Gasteiger partial charge is 0.490 e. The van der Waals surface area contributed by atoms with E-state index in [2.05, 4.69) is 21.8 Å². The Hall–Kier alpha value is -3.86. The van der Waals surface area contributed by atoms with Crippen LogP contribution in [0.15, 0.2) is 47.6 Å². The number of nitrogens with one attached hydrogen (secondary N) is 2. The number of benzene rings is 2. The number of hydrogen-bond acceptors (Lipinski definition) is 5. The third kappa shape index (κ3) is 7.13. The second-order valence-electron chi connectivity index (χ2n) is 7.07. The van der Waals surface area contributed by atoms with Crippen molar-refractivity contribution in [2.24, 2.45) is 11.0 Å². The van der Waals surface area contributed by atoms with E-state index in [1.54, 1.807) is 32.0 Å². The summed E-state index contributed by atoms with van der Waals surface area (Å²) in [5.41, 5.74) is 3.35. The molecule has 2 aromatic rings. The summed E-state index contributed by atoms with van der Waals surface area (Å²) in [6.45, 7) is 5.99. The highest BCUT2D eigenvalue weighted by Gasteiger charge is 2.24. The van der Waals surface area contributed by atoms with Gasteiger partial charge in [0.15, 0.2) is 11.5 Å². The van der Waals surface area contributed by atoms with Crippen LogP contribution in [0, 0.1) is 24.1 Å². The first-order valence-electron chi connectivity index (χ1n) is 10.1. The Balaban J connectivity index is 2.04. The molecule has 0 aliphatic carbocycles. The van der Waals surface area contributed by atoms with Gasteiger partial charge >= 0.3 is 0 Å². The second-order valence-corrected chi connectivity index (χ2v) is 7.07. The normalized spacial score (nSPS) is 11.6. The number of halogens is 1. The van der Waals surface area contributed by atoms with Crippen molar-refractivity contribution in [3.8, 4) is 23.8 Å². The van der Waals surface area contributed by atoms with Crippen LogP contribution in [0.4, 0.5) is 4.39 Å². The van der Waals surface area contributed by atoms with Gasteiger partial charge in [-0.2, -0.15) is 5.10 Å². The predicted octanol–water partition coefficient (Wildman–Crippen LogP) is 3.14. The lowest BCUT2D eigenvalue weighted by Crippen LogP contribution is -2.48. The van der Waals surface area contributed by atoms with E-state index in [0.717, 1.165) is 0 Å². The molecular formula is C24H26FN3O4. The van der Waals surface area contributed by atoms with Crippen molar-refractivity contribution in [2.75, 3.05) is 13.2 Å². The van der Waals surface area contributed by atoms with Gasteiger partial charge in [-0.05, 0) is 60.9 Å². The molecule has 1 unspecified atom stereocenters. The minimum atomic E-state index is -0.830. The lowest BCUT2D eigenvalue weighted by atomic mass is 10.0. The zero-order valence-corrected chi connectivity index (χ0v) is 18.2. The van der Waals surface area contributed by atoms with Crippen LogP contribution in [0.3, 0.4) is 0 Å². The molecule has 2 amide bonds. The number of hydrazone groups is 1. The summed E-state index contributed by atoms with van der Waals surface area (Å²) in [5, 5.41) is 6.63. The highest BCUT2D eigenvalue weighted by molar-refractivity contribution is 5.97. The molecule has 0 bridgehead atoms. The number of rotatable bonds is 10. The Morgan fingerprint density at radius 1 is 1.16 bits per heavy atom. The number of hydrogen-bond donors (Lipinski definition) is 2. The highest BCUT2D eigenvalue weighted by atomic mass is 19.1. The van der Waals surface area contributed by atoms with E-state index in [-0.39, 0.29) is 18.1 Å². The Kier molecular flexibility index (Phi) is 9.23. The summed E-state index contributed by atoms with van der Waals surface area (Å²) < 4.78 is 24.0. The van der Waals surface area contributed by atoms with Gasteiger partial charge in [-0.25, -0.2) is 9.82 Å². The molecule has 7 nitrogen and oxygen atoms in total.